The summed E-state index contributed by atoms with van der Waals surface area (Å²) in [5.74, 6) is 1.04. The molecule has 0 aliphatic heterocycles. The van der Waals surface area contributed by atoms with E-state index in [0.717, 1.165) is 35.4 Å². The summed E-state index contributed by atoms with van der Waals surface area (Å²) >= 11 is 0. The van der Waals surface area contributed by atoms with Crippen LogP contribution in [0.3, 0.4) is 0 Å². The first-order valence-electron chi connectivity index (χ1n) is 12.4. The highest BCUT2D eigenvalue weighted by molar-refractivity contribution is 5.88. The molecule has 0 radical (unpaired) electrons. The summed E-state index contributed by atoms with van der Waals surface area (Å²) in [5.41, 5.74) is 5.92. The topological polar surface area (TPSA) is 77.9 Å². The predicted octanol–water partition coefficient (Wildman–Crippen LogP) is 6.95. The maximum absolute atomic E-state index is 11.9. The van der Waals surface area contributed by atoms with Crippen molar-refractivity contribution in [2.45, 2.75) is 53.4 Å². The molecule has 0 saturated heterocycles. The van der Waals surface area contributed by atoms with Crippen LogP contribution in [0.5, 0.6) is 0 Å². The second-order valence-corrected chi connectivity index (χ2v) is 8.81. The lowest BCUT2D eigenvalue weighted by Gasteiger charge is -2.05. The number of hydrogen-bond acceptors (Lipinski definition) is 6. The van der Waals surface area contributed by atoms with Crippen LogP contribution in [0.1, 0.15) is 59.7 Å². The van der Waals surface area contributed by atoms with Gasteiger partial charge < -0.3 is 4.74 Å². The van der Waals surface area contributed by atoms with Crippen LogP contribution in [-0.4, -0.2) is 32.5 Å². The van der Waals surface area contributed by atoms with Crippen LogP contribution in [-0.2, 0) is 4.74 Å². The fraction of sp³-hybridized carbons (Fsp3) is 0.300. The van der Waals surface area contributed by atoms with E-state index in [1.165, 1.54) is 36.4 Å². The average molecular weight is 483 g/mol. The zero-order valence-electron chi connectivity index (χ0n) is 21.6. The number of benzene rings is 2. The third kappa shape index (κ3) is 8.38. The van der Waals surface area contributed by atoms with Crippen molar-refractivity contribution in [3.05, 3.63) is 95.6 Å². The van der Waals surface area contributed by atoms with Gasteiger partial charge in [0.2, 0.25) is 0 Å². The minimum atomic E-state index is -0.355. The Hall–Kier alpha value is -3.93. The third-order valence-electron chi connectivity index (χ3n) is 5.52. The van der Waals surface area contributed by atoms with E-state index in [4.69, 9.17) is 4.74 Å². The molecule has 2 aromatic heterocycles. The van der Waals surface area contributed by atoms with Crippen LogP contribution in [0, 0.1) is 20.8 Å². The zero-order chi connectivity index (χ0) is 25.8. The van der Waals surface area contributed by atoms with Crippen molar-refractivity contribution in [1.82, 2.24) is 19.9 Å². The Morgan fingerprint density at radius 2 is 1.11 bits per heavy atom. The molecule has 0 spiro atoms. The monoisotopic (exact) mass is 482 g/mol. The van der Waals surface area contributed by atoms with Gasteiger partial charge in [-0.25, -0.2) is 24.7 Å². The molecular weight excluding hydrogens is 448 g/mol. The van der Waals surface area contributed by atoms with Gasteiger partial charge in [0, 0.05) is 35.9 Å². The number of hydrogen-bond donors (Lipinski definition) is 0. The molecule has 2 aromatic carbocycles. The number of esters is 1. The minimum absolute atomic E-state index is 0.355. The van der Waals surface area contributed by atoms with E-state index < -0.39 is 0 Å². The molecule has 6 heteroatoms. The van der Waals surface area contributed by atoms with E-state index in [1.807, 2.05) is 62.6 Å². The highest BCUT2D eigenvalue weighted by Gasteiger charge is 2.09. The van der Waals surface area contributed by atoms with Crippen molar-refractivity contribution in [2.75, 3.05) is 6.61 Å². The van der Waals surface area contributed by atoms with E-state index >= 15 is 0 Å². The standard InChI is InChI=1S/C18H22N2O2.C12H12N2/c1-3-4-5-6-11-22-18(21)16-12-19-17(20-13-16)15-9-7-14(2)8-10-15;1-9-3-5-11(6-4-9)12-13-7-10(2)8-14-12/h7-10,12-13H,3-6,11H2,1-2H3;3-8H,1-2H3. The van der Waals surface area contributed by atoms with Crippen molar-refractivity contribution in [2.24, 2.45) is 0 Å². The van der Waals surface area contributed by atoms with Gasteiger partial charge in [-0.3, -0.25) is 0 Å². The minimum Gasteiger partial charge on any atom is -0.462 e. The summed E-state index contributed by atoms with van der Waals surface area (Å²) in [7, 11) is 0. The van der Waals surface area contributed by atoms with Crippen molar-refractivity contribution < 1.29 is 9.53 Å². The molecule has 0 N–H and O–H groups in total. The van der Waals surface area contributed by atoms with Crippen molar-refractivity contribution in [3.8, 4) is 22.8 Å². The molecule has 4 aromatic rings. The first-order valence-corrected chi connectivity index (χ1v) is 12.4. The Balaban J connectivity index is 0.000000221. The Labute approximate surface area is 213 Å². The fourth-order valence-corrected chi connectivity index (χ4v) is 3.31. The SMILES string of the molecule is CCCCCCOC(=O)c1cnc(-c2ccc(C)cc2)nc1.Cc1ccc(-c2ncc(C)cn2)cc1. The molecule has 4 rings (SSSR count). The number of carbonyl (C=O) groups is 1. The van der Waals surface area contributed by atoms with Gasteiger partial charge in [-0.2, -0.15) is 0 Å². The lowest BCUT2D eigenvalue weighted by Crippen LogP contribution is -2.07. The quantitative estimate of drug-likeness (QED) is 0.200. The highest BCUT2D eigenvalue weighted by Crippen LogP contribution is 2.16. The molecule has 186 valence electrons. The zero-order valence-corrected chi connectivity index (χ0v) is 21.6. The van der Waals surface area contributed by atoms with Crippen LogP contribution < -0.4 is 0 Å². The third-order valence-corrected chi connectivity index (χ3v) is 5.52. The summed E-state index contributed by atoms with van der Waals surface area (Å²) in [5, 5.41) is 0. The van der Waals surface area contributed by atoms with Gasteiger partial charge in [-0.05, 0) is 32.8 Å². The molecule has 0 unspecified atom stereocenters. The average Bonchev–Trinajstić information content (AvgIpc) is 2.90. The molecule has 0 saturated carbocycles. The summed E-state index contributed by atoms with van der Waals surface area (Å²) in [6.45, 7) is 8.69. The van der Waals surface area contributed by atoms with Gasteiger partial charge in [-0.1, -0.05) is 85.8 Å². The van der Waals surface area contributed by atoms with Crippen LogP contribution in [0.4, 0.5) is 0 Å². The van der Waals surface area contributed by atoms with Gasteiger partial charge in [0.1, 0.15) is 0 Å². The van der Waals surface area contributed by atoms with E-state index in [9.17, 15) is 4.79 Å². The first kappa shape index (κ1) is 26.7. The number of aromatic nitrogens is 4. The molecule has 36 heavy (non-hydrogen) atoms. The predicted molar refractivity (Wildman–Crippen MR) is 144 cm³/mol. The number of unbranched alkanes of at least 4 members (excludes halogenated alkanes) is 3. The van der Waals surface area contributed by atoms with Gasteiger partial charge >= 0.3 is 5.97 Å². The molecule has 0 aliphatic carbocycles. The summed E-state index contributed by atoms with van der Waals surface area (Å²) < 4.78 is 5.22. The summed E-state index contributed by atoms with van der Waals surface area (Å²) in [6, 6.07) is 16.2. The first-order chi connectivity index (χ1) is 17.5. The van der Waals surface area contributed by atoms with Gasteiger partial charge in [0.05, 0.1) is 12.2 Å². The van der Waals surface area contributed by atoms with Crippen molar-refractivity contribution >= 4 is 5.97 Å². The number of rotatable bonds is 8. The van der Waals surface area contributed by atoms with E-state index in [1.54, 1.807) is 0 Å². The normalized spacial score (nSPS) is 10.3. The summed E-state index contributed by atoms with van der Waals surface area (Å²) in [6.07, 6.45) is 11.1. The number of carbonyl (C=O) groups excluding carboxylic acids is 1. The Morgan fingerprint density at radius 1 is 0.639 bits per heavy atom. The summed E-state index contributed by atoms with van der Waals surface area (Å²) in [4.78, 5) is 28.9. The van der Waals surface area contributed by atoms with E-state index in [-0.39, 0.29) is 5.97 Å². The second kappa shape index (κ2) is 13.8. The van der Waals surface area contributed by atoms with Crippen LogP contribution in [0.25, 0.3) is 22.8 Å². The fourth-order valence-electron chi connectivity index (χ4n) is 3.31. The molecule has 0 amide bonds. The molecule has 0 atom stereocenters. The number of ether oxygens (including phenoxy) is 1. The number of nitrogens with zero attached hydrogens (tertiary/aromatic N) is 4. The molecule has 0 bridgehead atoms. The molecular formula is C30H34N4O2. The Kier molecular flexibility index (Phi) is 10.2. The van der Waals surface area contributed by atoms with Gasteiger partial charge in [0.25, 0.3) is 0 Å². The van der Waals surface area contributed by atoms with E-state index in [2.05, 4.69) is 45.9 Å². The Morgan fingerprint density at radius 3 is 1.58 bits per heavy atom. The van der Waals surface area contributed by atoms with Crippen LogP contribution in [0.15, 0.2) is 73.3 Å². The molecule has 0 aliphatic rings. The number of aryl methyl sites for hydroxylation is 3. The van der Waals surface area contributed by atoms with Crippen molar-refractivity contribution in [1.29, 1.82) is 0 Å². The molecule has 2 heterocycles. The maximum Gasteiger partial charge on any atom is 0.341 e. The maximum atomic E-state index is 11.9. The highest BCUT2D eigenvalue weighted by atomic mass is 16.5. The second-order valence-electron chi connectivity index (χ2n) is 8.81. The smallest absolute Gasteiger partial charge is 0.341 e. The van der Waals surface area contributed by atoms with Gasteiger partial charge in [0.15, 0.2) is 11.6 Å². The largest absolute Gasteiger partial charge is 0.462 e. The van der Waals surface area contributed by atoms with Crippen molar-refractivity contribution in [3.63, 3.8) is 0 Å². The van der Waals surface area contributed by atoms with Crippen LogP contribution in [0.2, 0.25) is 0 Å². The lowest BCUT2D eigenvalue weighted by molar-refractivity contribution is 0.0497. The lowest BCUT2D eigenvalue weighted by atomic mass is 10.1. The molecule has 0 fully saturated rings. The van der Waals surface area contributed by atoms with Gasteiger partial charge in [-0.15, -0.1) is 0 Å². The molecule has 6 nitrogen and oxygen atoms in total. The van der Waals surface area contributed by atoms with Crippen LogP contribution >= 0.6 is 0 Å². The van der Waals surface area contributed by atoms with E-state index in [0.29, 0.717) is 18.0 Å². The Bertz CT molecular complexity index is 1160.